The van der Waals surface area contributed by atoms with Gasteiger partial charge in [0.15, 0.2) is 5.65 Å². The maximum absolute atomic E-state index is 14.0. The van der Waals surface area contributed by atoms with Gasteiger partial charge in [-0.1, -0.05) is 11.6 Å². The summed E-state index contributed by atoms with van der Waals surface area (Å²) in [5.41, 5.74) is 1.81. The minimum absolute atomic E-state index is 0.00616. The Morgan fingerprint density at radius 3 is 2.59 bits per heavy atom. The van der Waals surface area contributed by atoms with Gasteiger partial charge in [-0.05, 0) is 56.7 Å². The molecule has 41 heavy (non-hydrogen) atoms. The number of alkyl halides is 1. The highest BCUT2D eigenvalue weighted by atomic mass is 35.5. The summed E-state index contributed by atoms with van der Waals surface area (Å²) >= 11 is 6.24. The Kier molecular flexibility index (Phi) is 7.71. The van der Waals surface area contributed by atoms with E-state index >= 15 is 0 Å². The van der Waals surface area contributed by atoms with Crippen LogP contribution in [0.3, 0.4) is 0 Å². The van der Waals surface area contributed by atoms with Crippen LogP contribution in [0.25, 0.3) is 5.65 Å². The quantitative estimate of drug-likeness (QED) is 0.424. The molecule has 3 aliphatic rings. The van der Waals surface area contributed by atoms with Crippen LogP contribution in [0.15, 0.2) is 30.3 Å². The maximum atomic E-state index is 14.0. The van der Waals surface area contributed by atoms with Gasteiger partial charge in [-0.3, -0.25) is 13.9 Å². The van der Waals surface area contributed by atoms with Crippen molar-refractivity contribution >= 4 is 50.5 Å². The number of fused-ring (bicyclic) bond motifs is 1. The Morgan fingerprint density at radius 1 is 1.05 bits per heavy atom. The lowest BCUT2D eigenvalue weighted by Crippen LogP contribution is -2.40. The average molecular weight is 604 g/mol. The minimum atomic E-state index is -3.61. The van der Waals surface area contributed by atoms with Crippen LogP contribution >= 0.6 is 11.6 Å². The topological polar surface area (TPSA) is 103 Å². The molecule has 1 N–H and O–H groups in total. The predicted octanol–water partition coefficient (Wildman–Crippen LogP) is 4.52. The molecule has 13 heteroatoms. The van der Waals surface area contributed by atoms with Crippen LogP contribution < -0.4 is 14.5 Å². The van der Waals surface area contributed by atoms with Crippen molar-refractivity contribution < 1.29 is 17.6 Å². The molecule has 3 fully saturated rings. The number of rotatable bonds is 7. The first-order chi connectivity index (χ1) is 19.7. The second kappa shape index (κ2) is 11.3. The van der Waals surface area contributed by atoms with E-state index < -0.39 is 10.0 Å². The van der Waals surface area contributed by atoms with Crippen LogP contribution in [0.2, 0.25) is 5.02 Å². The monoisotopic (exact) mass is 603 g/mol. The first-order valence-corrected chi connectivity index (χ1v) is 16.5. The number of piperidine rings is 2. The zero-order chi connectivity index (χ0) is 28.7. The van der Waals surface area contributed by atoms with E-state index in [1.807, 2.05) is 10.6 Å². The third kappa shape index (κ3) is 5.81. The largest absolute Gasteiger partial charge is 0.356 e. The van der Waals surface area contributed by atoms with Crippen molar-refractivity contribution in [2.24, 2.45) is 5.92 Å². The second-order valence-electron chi connectivity index (χ2n) is 11.3. The van der Waals surface area contributed by atoms with E-state index in [9.17, 15) is 17.6 Å². The fraction of sp³-hybridized carbons (Fsp3) is 0.536. The van der Waals surface area contributed by atoms with E-state index in [-0.39, 0.29) is 35.8 Å². The molecule has 2 atom stereocenters. The number of nitrogens with zero attached hydrogens (tertiary/aromatic N) is 6. The number of sulfonamides is 1. The van der Waals surface area contributed by atoms with Crippen molar-refractivity contribution in [2.75, 3.05) is 60.2 Å². The van der Waals surface area contributed by atoms with Crippen LogP contribution in [-0.4, -0.2) is 79.5 Å². The number of hydrogen-bond donors (Lipinski definition) is 1. The zero-order valence-corrected chi connectivity index (χ0v) is 24.7. The van der Waals surface area contributed by atoms with Gasteiger partial charge in [-0.25, -0.2) is 13.4 Å². The summed E-state index contributed by atoms with van der Waals surface area (Å²) in [6, 6.07) is 8.26. The minimum Gasteiger partial charge on any atom is -0.356 e. The van der Waals surface area contributed by atoms with E-state index in [1.165, 1.54) is 12.1 Å². The smallest absolute Gasteiger partial charge is 0.256 e. The molecule has 6 rings (SSSR count). The van der Waals surface area contributed by atoms with Gasteiger partial charge in [0, 0.05) is 55.8 Å². The highest BCUT2D eigenvalue weighted by Crippen LogP contribution is 2.36. The summed E-state index contributed by atoms with van der Waals surface area (Å²) in [7, 11) is -3.61. The van der Waals surface area contributed by atoms with Crippen molar-refractivity contribution in [2.45, 2.75) is 44.6 Å². The Bertz CT molecular complexity index is 1560. The summed E-state index contributed by atoms with van der Waals surface area (Å²) in [6.45, 7) is 3.52. The van der Waals surface area contributed by atoms with Crippen molar-refractivity contribution in [1.29, 1.82) is 0 Å². The van der Waals surface area contributed by atoms with Gasteiger partial charge in [-0.2, -0.15) is 9.61 Å². The van der Waals surface area contributed by atoms with Crippen LogP contribution in [0.4, 0.5) is 21.7 Å². The molecule has 0 aliphatic carbocycles. The van der Waals surface area contributed by atoms with E-state index in [0.29, 0.717) is 30.2 Å². The molecule has 3 aliphatic heterocycles. The summed E-state index contributed by atoms with van der Waals surface area (Å²) < 4.78 is 42.0. The highest BCUT2D eigenvalue weighted by Gasteiger charge is 2.33. The lowest BCUT2D eigenvalue weighted by molar-refractivity contribution is 0.0607. The van der Waals surface area contributed by atoms with Crippen molar-refractivity contribution in [3.63, 3.8) is 0 Å². The van der Waals surface area contributed by atoms with Crippen molar-refractivity contribution in [3.8, 4) is 0 Å². The number of benzene rings is 1. The third-order valence-corrected chi connectivity index (χ3v) is 9.09. The van der Waals surface area contributed by atoms with E-state index in [0.717, 1.165) is 75.3 Å². The normalized spacial score (nSPS) is 21.7. The fourth-order valence-corrected chi connectivity index (χ4v) is 6.83. The Balaban J connectivity index is 1.38. The van der Waals surface area contributed by atoms with E-state index in [4.69, 9.17) is 21.7 Å². The van der Waals surface area contributed by atoms with Gasteiger partial charge in [0.2, 0.25) is 10.0 Å². The Labute approximate surface area is 244 Å². The Morgan fingerprint density at radius 2 is 1.85 bits per heavy atom. The molecular formula is C28H35ClFN7O3S. The molecule has 1 amide bonds. The van der Waals surface area contributed by atoms with Crippen LogP contribution in [-0.2, 0) is 10.0 Å². The standard InChI is InChI=1S/C28H35ClFN7O3S/c1-41(39,40)33-22-9-8-20(29)14-21(22)28(38)36-13-3-2-7-24(36)23-15-26-31-25(34-11-5-12-34)16-27(37(26)32-23)35-10-4-6-19(17-30)18-35/h8-9,14-16,19,24,33H,2-7,10-13,17-18H2,1H3/t19?,24-/m0/s1. The number of hydrogen-bond acceptors (Lipinski definition) is 7. The van der Waals surface area contributed by atoms with Crippen LogP contribution in [0, 0.1) is 5.92 Å². The number of anilines is 3. The van der Waals surface area contributed by atoms with Gasteiger partial charge in [0.1, 0.15) is 11.6 Å². The maximum Gasteiger partial charge on any atom is 0.256 e. The first-order valence-electron chi connectivity index (χ1n) is 14.2. The van der Waals surface area contributed by atoms with Crippen LogP contribution in [0.1, 0.15) is 60.6 Å². The van der Waals surface area contributed by atoms with E-state index in [1.54, 1.807) is 11.0 Å². The van der Waals surface area contributed by atoms with Gasteiger partial charge in [0.05, 0.1) is 35.9 Å². The summed E-state index contributed by atoms with van der Waals surface area (Å²) in [5, 5.41) is 5.34. The summed E-state index contributed by atoms with van der Waals surface area (Å²) in [5.74, 6) is 1.47. The van der Waals surface area contributed by atoms with Crippen molar-refractivity contribution in [3.05, 3.63) is 46.6 Å². The zero-order valence-electron chi connectivity index (χ0n) is 23.1. The number of likely N-dealkylation sites (tertiary alicyclic amines) is 1. The summed E-state index contributed by atoms with van der Waals surface area (Å²) in [4.78, 5) is 25.1. The number of carbonyl (C=O) groups is 1. The van der Waals surface area contributed by atoms with Gasteiger partial charge in [-0.15, -0.1) is 0 Å². The van der Waals surface area contributed by atoms with E-state index in [2.05, 4.69) is 20.6 Å². The average Bonchev–Trinajstić information content (AvgIpc) is 3.36. The molecule has 0 radical (unpaired) electrons. The molecule has 0 saturated carbocycles. The number of carbonyl (C=O) groups excluding carboxylic acids is 1. The molecule has 2 aromatic heterocycles. The number of aromatic nitrogens is 3. The SMILES string of the molecule is CS(=O)(=O)Nc1ccc(Cl)cc1C(=O)N1CCCC[C@H]1c1cc2nc(N3CCC3)cc(N3CCCC(CF)C3)n2n1. The number of halogens is 2. The van der Waals surface area contributed by atoms with Gasteiger partial charge < -0.3 is 14.7 Å². The molecule has 10 nitrogen and oxygen atoms in total. The first kappa shape index (κ1) is 28.0. The van der Waals surface area contributed by atoms with Gasteiger partial charge >= 0.3 is 0 Å². The predicted molar refractivity (Wildman–Crippen MR) is 158 cm³/mol. The molecule has 1 unspecified atom stereocenters. The Hall–Kier alpha value is -3.12. The molecule has 3 aromatic rings. The third-order valence-electron chi connectivity index (χ3n) is 8.27. The molecule has 5 heterocycles. The molecule has 220 valence electrons. The lowest BCUT2D eigenvalue weighted by Gasteiger charge is -2.36. The number of nitrogens with one attached hydrogen (secondary N) is 1. The molecule has 0 bridgehead atoms. The second-order valence-corrected chi connectivity index (χ2v) is 13.5. The molecule has 0 spiro atoms. The molecular weight excluding hydrogens is 569 g/mol. The molecule has 3 saturated heterocycles. The van der Waals surface area contributed by atoms with Crippen molar-refractivity contribution in [1.82, 2.24) is 19.5 Å². The van der Waals surface area contributed by atoms with Gasteiger partial charge in [0.25, 0.3) is 5.91 Å². The van der Waals surface area contributed by atoms with Crippen LogP contribution in [0.5, 0.6) is 0 Å². The summed E-state index contributed by atoms with van der Waals surface area (Å²) in [6.07, 6.45) is 6.44. The lowest BCUT2D eigenvalue weighted by atomic mass is 9.98. The fourth-order valence-electron chi connectivity index (χ4n) is 6.08. The highest BCUT2D eigenvalue weighted by molar-refractivity contribution is 7.92. The number of amides is 1. The molecule has 1 aromatic carbocycles.